The minimum Gasteiger partial charge on any atom is -0.455 e. The van der Waals surface area contributed by atoms with Gasteiger partial charge in [-0.15, -0.1) is 23.2 Å². The van der Waals surface area contributed by atoms with Gasteiger partial charge in [-0.3, -0.25) is 9.59 Å². The molecule has 1 atom stereocenters. The second-order valence-corrected chi connectivity index (χ2v) is 7.14. The van der Waals surface area contributed by atoms with E-state index in [1.165, 1.54) is 0 Å². The molecule has 0 saturated heterocycles. The Kier molecular flexibility index (Phi) is 4.22. The van der Waals surface area contributed by atoms with Crippen LogP contribution in [0.1, 0.15) is 24.5 Å². The van der Waals surface area contributed by atoms with E-state index >= 15 is 0 Å². The molecule has 1 aliphatic rings. The van der Waals surface area contributed by atoms with E-state index in [1.54, 1.807) is 6.92 Å². The fourth-order valence-electron chi connectivity index (χ4n) is 2.05. The number of anilines is 1. The first-order valence-electron chi connectivity index (χ1n) is 6.58. The molecule has 1 aromatic rings. The smallest absolute Gasteiger partial charge is 0.315 e. The molecule has 0 bridgehead atoms. The normalized spacial score (nSPS) is 22.5. The summed E-state index contributed by atoms with van der Waals surface area (Å²) < 4.78 is 3.89. The van der Waals surface area contributed by atoms with Crippen molar-refractivity contribution in [3.8, 4) is 0 Å². The zero-order chi connectivity index (χ0) is 15.8. The Hall–Kier alpha value is -1.26. The van der Waals surface area contributed by atoms with E-state index in [1.807, 2.05) is 32.0 Å². The maximum Gasteiger partial charge on any atom is 0.315 e. The second kappa shape index (κ2) is 5.50. The van der Waals surface area contributed by atoms with Crippen LogP contribution in [-0.2, 0) is 14.3 Å². The molecule has 0 aromatic heterocycles. The van der Waals surface area contributed by atoms with E-state index in [0.29, 0.717) is 12.1 Å². The van der Waals surface area contributed by atoms with Gasteiger partial charge in [-0.2, -0.15) is 0 Å². The lowest BCUT2D eigenvalue weighted by Gasteiger charge is -2.12. The molecule has 0 unspecified atom stereocenters. The third-order valence-electron chi connectivity index (χ3n) is 3.70. The van der Waals surface area contributed by atoms with Gasteiger partial charge in [-0.1, -0.05) is 17.7 Å². The van der Waals surface area contributed by atoms with Crippen molar-refractivity contribution < 1.29 is 14.3 Å². The highest BCUT2D eigenvalue weighted by atomic mass is 35.5. The number of esters is 1. The number of hydrogen-bond acceptors (Lipinski definition) is 3. The van der Waals surface area contributed by atoms with E-state index in [9.17, 15) is 9.59 Å². The number of benzene rings is 1. The maximum absolute atomic E-state index is 11.8. The van der Waals surface area contributed by atoms with Crippen LogP contribution in [0.4, 0.5) is 5.69 Å². The number of amides is 1. The molecule has 2 rings (SSSR count). The van der Waals surface area contributed by atoms with Gasteiger partial charge in [0, 0.05) is 12.1 Å². The van der Waals surface area contributed by atoms with Crippen LogP contribution >= 0.6 is 23.2 Å². The summed E-state index contributed by atoms with van der Waals surface area (Å²) in [5, 5.41) is 2.70. The third kappa shape index (κ3) is 3.33. The van der Waals surface area contributed by atoms with Crippen LogP contribution in [-0.4, -0.2) is 22.8 Å². The summed E-state index contributed by atoms with van der Waals surface area (Å²) in [5.41, 5.74) is 1.84. The molecule has 1 aromatic carbocycles. The number of aryl methyl sites for hydroxylation is 2. The summed E-state index contributed by atoms with van der Waals surface area (Å²) in [6.07, 6.45) is 0.334. The summed E-state index contributed by atoms with van der Waals surface area (Å²) >= 11 is 11.8. The largest absolute Gasteiger partial charge is 0.455 e. The Morgan fingerprint density at radius 2 is 1.95 bits per heavy atom. The van der Waals surface area contributed by atoms with Crippen LogP contribution < -0.4 is 5.32 Å². The molecule has 1 N–H and O–H groups in total. The van der Waals surface area contributed by atoms with Crippen LogP contribution in [0.5, 0.6) is 0 Å². The fourth-order valence-corrected chi connectivity index (χ4v) is 2.74. The molecule has 1 saturated carbocycles. The van der Waals surface area contributed by atoms with E-state index in [2.05, 4.69) is 5.32 Å². The van der Waals surface area contributed by atoms with Crippen LogP contribution in [0.25, 0.3) is 0 Å². The van der Waals surface area contributed by atoms with Crippen LogP contribution in [0, 0.1) is 19.3 Å². The van der Waals surface area contributed by atoms with Gasteiger partial charge in [0.2, 0.25) is 0 Å². The van der Waals surface area contributed by atoms with Crippen molar-refractivity contribution in [1.82, 2.24) is 0 Å². The lowest BCUT2D eigenvalue weighted by molar-refractivity contribution is -0.152. The molecule has 6 heteroatoms. The number of nitrogens with one attached hydrogen (secondary N) is 1. The topological polar surface area (TPSA) is 55.4 Å². The minimum atomic E-state index is -1.09. The van der Waals surface area contributed by atoms with Crippen LogP contribution in [0.2, 0.25) is 0 Å². The monoisotopic (exact) mass is 329 g/mol. The number of halogens is 2. The predicted octanol–water partition coefficient (Wildman–Crippen LogP) is 3.37. The van der Waals surface area contributed by atoms with Gasteiger partial charge in [0.25, 0.3) is 5.91 Å². The average molecular weight is 330 g/mol. The van der Waals surface area contributed by atoms with Crippen molar-refractivity contribution in [3.63, 3.8) is 0 Å². The Morgan fingerprint density at radius 3 is 2.48 bits per heavy atom. The minimum absolute atomic E-state index is 0.334. The van der Waals surface area contributed by atoms with Gasteiger partial charge in [0.15, 0.2) is 6.61 Å². The zero-order valence-electron chi connectivity index (χ0n) is 12.1. The van der Waals surface area contributed by atoms with E-state index in [0.717, 1.165) is 11.1 Å². The van der Waals surface area contributed by atoms with Crippen molar-refractivity contribution in [2.45, 2.75) is 31.5 Å². The van der Waals surface area contributed by atoms with Gasteiger partial charge < -0.3 is 10.1 Å². The van der Waals surface area contributed by atoms with Crippen LogP contribution in [0.3, 0.4) is 0 Å². The fraction of sp³-hybridized carbons (Fsp3) is 0.467. The van der Waals surface area contributed by atoms with Gasteiger partial charge in [-0.25, -0.2) is 0 Å². The molecule has 0 radical (unpaired) electrons. The molecule has 21 heavy (non-hydrogen) atoms. The highest BCUT2D eigenvalue weighted by molar-refractivity contribution is 6.53. The third-order valence-corrected chi connectivity index (χ3v) is 4.80. The number of alkyl halides is 2. The molecular weight excluding hydrogens is 313 g/mol. The van der Waals surface area contributed by atoms with E-state index in [-0.39, 0.29) is 6.61 Å². The first-order chi connectivity index (χ1) is 9.65. The van der Waals surface area contributed by atoms with Crippen molar-refractivity contribution in [3.05, 3.63) is 29.3 Å². The van der Waals surface area contributed by atoms with Crippen molar-refractivity contribution >= 4 is 40.8 Å². The first-order valence-corrected chi connectivity index (χ1v) is 7.33. The zero-order valence-corrected chi connectivity index (χ0v) is 13.6. The molecule has 0 heterocycles. The predicted molar refractivity (Wildman–Crippen MR) is 82.7 cm³/mol. The number of ether oxygens (including phenoxy) is 1. The number of carbonyl (C=O) groups excluding carboxylic acids is 2. The van der Waals surface area contributed by atoms with Gasteiger partial charge >= 0.3 is 5.97 Å². The van der Waals surface area contributed by atoms with E-state index in [4.69, 9.17) is 27.9 Å². The number of carbonyl (C=O) groups is 2. The Balaban J connectivity index is 1.87. The number of hydrogen-bond donors (Lipinski definition) is 1. The van der Waals surface area contributed by atoms with Crippen LogP contribution in [0.15, 0.2) is 18.2 Å². The summed E-state index contributed by atoms with van der Waals surface area (Å²) in [7, 11) is 0. The molecule has 1 fully saturated rings. The quantitative estimate of drug-likeness (QED) is 0.680. The van der Waals surface area contributed by atoms with Gasteiger partial charge in [-0.05, 0) is 32.4 Å². The van der Waals surface area contributed by atoms with Gasteiger partial charge in [0.1, 0.15) is 9.75 Å². The molecule has 0 aliphatic heterocycles. The average Bonchev–Trinajstić information content (AvgIpc) is 2.90. The van der Waals surface area contributed by atoms with Crippen molar-refractivity contribution in [2.24, 2.45) is 5.41 Å². The molecule has 1 aliphatic carbocycles. The Labute approximate surface area is 133 Å². The highest BCUT2D eigenvalue weighted by Gasteiger charge is 2.69. The lowest BCUT2D eigenvalue weighted by Crippen LogP contribution is -2.27. The SMILES string of the molecule is Cc1ccc(NC(=O)COC(=O)[C@]2(C)CC2(Cl)Cl)c(C)c1. The molecule has 1 amide bonds. The summed E-state index contributed by atoms with van der Waals surface area (Å²) in [5.74, 6) is -0.947. The van der Waals surface area contributed by atoms with Crippen molar-refractivity contribution in [1.29, 1.82) is 0 Å². The maximum atomic E-state index is 11.8. The van der Waals surface area contributed by atoms with Crippen molar-refractivity contribution in [2.75, 3.05) is 11.9 Å². The molecular formula is C15H17Cl2NO3. The van der Waals surface area contributed by atoms with E-state index < -0.39 is 21.6 Å². The second-order valence-electron chi connectivity index (χ2n) is 5.66. The Bertz CT molecular complexity index is 601. The molecule has 0 spiro atoms. The first kappa shape index (κ1) is 16.1. The lowest BCUT2D eigenvalue weighted by atomic mass is 10.1. The molecule has 114 valence electrons. The summed E-state index contributed by atoms with van der Waals surface area (Å²) in [6.45, 7) is 5.14. The summed E-state index contributed by atoms with van der Waals surface area (Å²) in [4.78, 5) is 23.6. The van der Waals surface area contributed by atoms with Gasteiger partial charge in [0.05, 0.1) is 0 Å². The highest BCUT2D eigenvalue weighted by Crippen LogP contribution is 2.64. The Morgan fingerprint density at radius 1 is 1.33 bits per heavy atom. The number of rotatable bonds is 4. The standard InChI is InChI=1S/C15H17Cl2NO3/c1-9-4-5-11(10(2)6-9)18-12(19)7-21-13(20)14(3)8-15(14,16)17/h4-6H,7-8H2,1-3H3,(H,18,19)/t14-/m0/s1. The molecule has 4 nitrogen and oxygen atoms in total. The summed E-state index contributed by atoms with van der Waals surface area (Å²) in [6, 6.07) is 5.67.